The topological polar surface area (TPSA) is 40.6 Å². The van der Waals surface area contributed by atoms with Crippen molar-refractivity contribution in [1.82, 2.24) is 9.80 Å². The van der Waals surface area contributed by atoms with Gasteiger partial charge in [-0.1, -0.05) is 51.5 Å². The van der Waals surface area contributed by atoms with Gasteiger partial charge in [-0.05, 0) is 47.9 Å². The average Bonchev–Trinajstić information content (AvgIpc) is 3.19. The van der Waals surface area contributed by atoms with Gasteiger partial charge in [-0.15, -0.1) is 11.3 Å². The minimum Gasteiger partial charge on any atom is -0.333 e. The first-order chi connectivity index (χ1) is 13.9. The molecule has 0 saturated carbocycles. The number of hydrogen-bond acceptors (Lipinski definition) is 3. The summed E-state index contributed by atoms with van der Waals surface area (Å²) < 4.78 is 0. The number of thiophene rings is 1. The molecule has 0 bridgehead atoms. The van der Waals surface area contributed by atoms with Crippen LogP contribution in [-0.4, -0.2) is 41.2 Å². The van der Waals surface area contributed by atoms with E-state index in [2.05, 4.69) is 37.4 Å². The minimum absolute atomic E-state index is 0.0419. The van der Waals surface area contributed by atoms with Gasteiger partial charge in [0, 0.05) is 23.9 Å². The molecular formula is C24H32N2O2S. The van der Waals surface area contributed by atoms with Crippen LogP contribution in [-0.2, 0) is 16.0 Å². The van der Waals surface area contributed by atoms with Gasteiger partial charge >= 0.3 is 0 Å². The first-order valence-electron chi connectivity index (χ1n) is 10.6. The normalized spacial score (nSPS) is 16.0. The predicted molar refractivity (Wildman–Crippen MR) is 119 cm³/mol. The van der Waals surface area contributed by atoms with Crippen molar-refractivity contribution in [3.05, 3.63) is 57.3 Å². The Morgan fingerprint density at radius 1 is 1.21 bits per heavy atom. The summed E-state index contributed by atoms with van der Waals surface area (Å²) in [6, 6.07) is 10.4. The summed E-state index contributed by atoms with van der Waals surface area (Å²) in [5, 5.41) is 2.12. The van der Waals surface area contributed by atoms with E-state index in [1.54, 1.807) is 16.2 Å². The van der Waals surface area contributed by atoms with Gasteiger partial charge in [-0.25, -0.2) is 0 Å². The van der Waals surface area contributed by atoms with Crippen molar-refractivity contribution in [3.8, 4) is 0 Å². The lowest BCUT2D eigenvalue weighted by Gasteiger charge is -2.38. The fourth-order valence-corrected chi connectivity index (χ4v) is 4.95. The summed E-state index contributed by atoms with van der Waals surface area (Å²) in [6.07, 6.45) is 2.81. The van der Waals surface area contributed by atoms with E-state index in [1.165, 1.54) is 21.6 Å². The van der Waals surface area contributed by atoms with Crippen LogP contribution in [0.2, 0.25) is 0 Å². The van der Waals surface area contributed by atoms with Crippen molar-refractivity contribution in [3.63, 3.8) is 0 Å². The zero-order valence-corrected chi connectivity index (χ0v) is 18.8. The van der Waals surface area contributed by atoms with Crippen LogP contribution in [0, 0.1) is 12.8 Å². The van der Waals surface area contributed by atoms with E-state index in [0.29, 0.717) is 13.1 Å². The Bertz CT molecular complexity index is 858. The Balaban J connectivity index is 1.90. The van der Waals surface area contributed by atoms with Gasteiger partial charge in [0.2, 0.25) is 11.8 Å². The van der Waals surface area contributed by atoms with Gasteiger partial charge in [0.25, 0.3) is 0 Å². The summed E-state index contributed by atoms with van der Waals surface area (Å²) in [7, 11) is 0. The molecule has 0 radical (unpaired) electrons. The number of carbonyl (C=O) groups is 2. The highest BCUT2D eigenvalue weighted by Gasteiger charge is 2.34. The quantitative estimate of drug-likeness (QED) is 0.654. The highest BCUT2D eigenvalue weighted by Crippen LogP contribution is 2.39. The number of aryl methyl sites for hydroxylation is 1. The lowest BCUT2D eigenvalue weighted by Crippen LogP contribution is -2.47. The van der Waals surface area contributed by atoms with Gasteiger partial charge in [0.05, 0.1) is 12.6 Å². The van der Waals surface area contributed by atoms with E-state index in [-0.39, 0.29) is 30.3 Å². The molecular weight excluding hydrogens is 380 g/mol. The van der Waals surface area contributed by atoms with Gasteiger partial charge in [-0.2, -0.15) is 0 Å². The molecule has 0 fully saturated rings. The summed E-state index contributed by atoms with van der Waals surface area (Å²) in [6.45, 7) is 9.53. The number of rotatable bonds is 7. The van der Waals surface area contributed by atoms with Gasteiger partial charge in [0.1, 0.15) is 0 Å². The standard InChI is InChI=1S/C24H32N2O2S/c1-5-6-13-25(24(28)17(2)3)16-22(27)26-14-11-21-20(12-15-29-21)23(26)19-10-8-7-9-18(19)4/h7-10,12,15,17,23H,5-6,11,13-14,16H2,1-4H3/t23-/m0/s1. The van der Waals surface area contributed by atoms with Crippen LogP contribution in [0.25, 0.3) is 0 Å². The van der Waals surface area contributed by atoms with E-state index < -0.39 is 0 Å². The zero-order chi connectivity index (χ0) is 21.0. The molecule has 1 aromatic carbocycles. The van der Waals surface area contributed by atoms with Crippen molar-refractivity contribution < 1.29 is 9.59 Å². The maximum atomic E-state index is 13.5. The van der Waals surface area contributed by atoms with Crippen molar-refractivity contribution in [2.75, 3.05) is 19.6 Å². The molecule has 4 nitrogen and oxygen atoms in total. The molecule has 2 heterocycles. The van der Waals surface area contributed by atoms with Crippen LogP contribution in [0.4, 0.5) is 0 Å². The SMILES string of the molecule is CCCCN(CC(=O)N1CCc2sccc2[C@@H]1c1ccccc1C)C(=O)C(C)C. The third kappa shape index (κ3) is 4.72. The average molecular weight is 413 g/mol. The van der Waals surface area contributed by atoms with Crippen LogP contribution < -0.4 is 0 Å². The molecule has 0 unspecified atom stereocenters. The Kier molecular flexibility index (Phi) is 7.12. The molecule has 1 aliphatic heterocycles. The number of benzene rings is 1. The third-order valence-corrected chi connectivity index (χ3v) is 6.68. The van der Waals surface area contributed by atoms with Crippen molar-refractivity contribution in [1.29, 1.82) is 0 Å². The van der Waals surface area contributed by atoms with Crippen LogP contribution in [0.1, 0.15) is 61.2 Å². The number of unbranched alkanes of at least 4 members (excludes halogenated alkanes) is 1. The molecule has 1 aromatic heterocycles. The Morgan fingerprint density at radius 3 is 2.66 bits per heavy atom. The maximum Gasteiger partial charge on any atom is 0.242 e. The molecule has 29 heavy (non-hydrogen) atoms. The first-order valence-corrected chi connectivity index (χ1v) is 11.5. The summed E-state index contributed by atoms with van der Waals surface area (Å²) >= 11 is 1.77. The Hall–Kier alpha value is -2.14. The lowest BCUT2D eigenvalue weighted by molar-refractivity contribution is -0.143. The van der Waals surface area contributed by atoms with Gasteiger partial charge in [0.15, 0.2) is 0 Å². The fourth-order valence-electron chi connectivity index (χ4n) is 4.05. The monoisotopic (exact) mass is 412 g/mol. The smallest absolute Gasteiger partial charge is 0.242 e. The second kappa shape index (κ2) is 9.57. The second-order valence-electron chi connectivity index (χ2n) is 8.16. The van der Waals surface area contributed by atoms with Crippen molar-refractivity contribution >= 4 is 23.2 Å². The van der Waals surface area contributed by atoms with Gasteiger partial charge < -0.3 is 9.80 Å². The molecule has 0 N–H and O–H groups in total. The van der Waals surface area contributed by atoms with Crippen LogP contribution in [0.15, 0.2) is 35.7 Å². The molecule has 156 valence electrons. The molecule has 2 amide bonds. The van der Waals surface area contributed by atoms with E-state index in [4.69, 9.17) is 0 Å². The van der Waals surface area contributed by atoms with Crippen molar-refractivity contribution in [2.45, 2.75) is 53.0 Å². The molecule has 5 heteroatoms. The molecule has 2 aromatic rings. The zero-order valence-electron chi connectivity index (χ0n) is 18.0. The molecule has 0 spiro atoms. The highest BCUT2D eigenvalue weighted by atomic mass is 32.1. The summed E-state index contributed by atoms with van der Waals surface area (Å²) in [4.78, 5) is 31.3. The van der Waals surface area contributed by atoms with Crippen LogP contribution >= 0.6 is 11.3 Å². The molecule has 0 aliphatic carbocycles. The molecule has 3 rings (SSSR count). The maximum absolute atomic E-state index is 13.5. The number of nitrogens with zero attached hydrogens (tertiary/aromatic N) is 2. The lowest BCUT2D eigenvalue weighted by atomic mass is 9.90. The second-order valence-corrected chi connectivity index (χ2v) is 9.16. The molecule has 1 atom stereocenters. The third-order valence-electron chi connectivity index (χ3n) is 5.68. The van der Waals surface area contributed by atoms with Gasteiger partial charge in [-0.3, -0.25) is 9.59 Å². The number of fused-ring (bicyclic) bond motifs is 1. The van der Waals surface area contributed by atoms with E-state index in [0.717, 1.165) is 19.3 Å². The number of amides is 2. The van der Waals surface area contributed by atoms with Crippen molar-refractivity contribution in [2.24, 2.45) is 5.92 Å². The van der Waals surface area contributed by atoms with E-state index in [1.807, 2.05) is 30.9 Å². The predicted octanol–water partition coefficient (Wildman–Crippen LogP) is 4.82. The van der Waals surface area contributed by atoms with E-state index >= 15 is 0 Å². The molecule has 0 saturated heterocycles. The van der Waals surface area contributed by atoms with Crippen LogP contribution in [0.5, 0.6) is 0 Å². The first kappa shape index (κ1) is 21.6. The van der Waals surface area contributed by atoms with Crippen LogP contribution in [0.3, 0.4) is 0 Å². The summed E-state index contributed by atoms with van der Waals surface area (Å²) in [5.74, 6) is 0.00401. The highest BCUT2D eigenvalue weighted by molar-refractivity contribution is 7.10. The number of carbonyl (C=O) groups excluding carboxylic acids is 2. The Labute approximate surface area is 178 Å². The Morgan fingerprint density at radius 2 is 1.97 bits per heavy atom. The molecule has 1 aliphatic rings. The number of hydrogen-bond donors (Lipinski definition) is 0. The minimum atomic E-state index is -0.100. The summed E-state index contributed by atoms with van der Waals surface area (Å²) in [5.41, 5.74) is 3.60. The van der Waals surface area contributed by atoms with E-state index in [9.17, 15) is 9.59 Å². The largest absolute Gasteiger partial charge is 0.333 e. The fraction of sp³-hybridized carbons (Fsp3) is 0.500.